The lowest BCUT2D eigenvalue weighted by Crippen LogP contribution is -2.71. The molecule has 5 nitrogen and oxygen atoms in total. The average Bonchev–Trinajstić information content (AvgIpc) is 2.44. The van der Waals surface area contributed by atoms with Crippen molar-refractivity contribution in [1.29, 1.82) is 0 Å². The zero-order chi connectivity index (χ0) is 15.2. The lowest BCUT2D eigenvalue weighted by molar-refractivity contribution is -0.114. The molecule has 1 saturated carbocycles. The summed E-state index contributed by atoms with van der Waals surface area (Å²) in [6.07, 6.45) is 1.75. The SMILES string of the molecule is NC1C2CCCOC2C1NS(=O)(=O)c1ccc(F)cc1Br. The molecule has 4 atom stereocenters. The maximum atomic E-state index is 13.1. The van der Waals surface area contributed by atoms with E-state index in [4.69, 9.17) is 10.5 Å². The van der Waals surface area contributed by atoms with Gasteiger partial charge in [-0.3, -0.25) is 0 Å². The maximum Gasteiger partial charge on any atom is 0.242 e. The molecule has 0 spiro atoms. The first-order valence-corrected chi connectivity index (χ1v) is 9.02. The molecule has 1 aromatic rings. The normalized spacial score (nSPS) is 32.3. The number of rotatable bonds is 3. The van der Waals surface area contributed by atoms with Crippen molar-refractivity contribution >= 4 is 26.0 Å². The van der Waals surface area contributed by atoms with Gasteiger partial charge < -0.3 is 10.5 Å². The summed E-state index contributed by atoms with van der Waals surface area (Å²) in [5.74, 6) is -0.292. The highest BCUT2D eigenvalue weighted by Crippen LogP contribution is 2.38. The van der Waals surface area contributed by atoms with Gasteiger partial charge in [-0.1, -0.05) is 0 Å². The Morgan fingerprint density at radius 3 is 2.90 bits per heavy atom. The first-order chi connectivity index (χ1) is 9.90. The van der Waals surface area contributed by atoms with Gasteiger partial charge in [0.2, 0.25) is 10.0 Å². The average molecular weight is 379 g/mol. The summed E-state index contributed by atoms with van der Waals surface area (Å²) in [5, 5.41) is 0. The van der Waals surface area contributed by atoms with Gasteiger partial charge in [0, 0.05) is 23.0 Å². The molecule has 0 radical (unpaired) electrons. The zero-order valence-electron chi connectivity index (χ0n) is 11.1. The number of halogens is 2. The Balaban J connectivity index is 1.80. The smallest absolute Gasteiger partial charge is 0.242 e. The molecule has 0 bridgehead atoms. The van der Waals surface area contributed by atoms with E-state index in [1.165, 1.54) is 6.07 Å². The van der Waals surface area contributed by atoms with Crippen molar-refractivity contribution in [1.82, 2.24) is 4.72 Å². The van der Waals surface area contributed by atoms with Gasteiger partial charge in [0.05, 0.1) is 17.0 Å². The molecule has 1 aliphatic heterocycles. The highest BCUT2D eigenvalue weighted by atomic mass is 79.9. The fraction of sp³-hybridized carbons (Fsp3) is 0.538. The molecule has 2 aliphatic rings. The number of nitrogens with two attached hydrogens (primary N) is 1. The number of benzene rings is 1. The number of hydrogen-bond donors (Lipinski definition) is 2. The highest BCUT2D eigenvalue weighted by molar-refractivity contribution is 9.10. The molecular weight excluding hydrogens is 363 g/mol. The summed E-state index contributed by atoms with van der Waals surface area (Å²) >= 11 is 3.08. The lowest BCUT2D eigenvalue weighted by atomic mass is 9.69. The highest BCUT2D eigenvalue weighted by Gasteiger charge is 2.52. The minimum atomic E-state index is -3.77. The van der Waals surface area contributed by atoms with E-state index >= 15 is 0 Å². The van der Waals surface area contributed by atoms with E-state index in [-0.39, 0.29) is 27.4 Å². The number of hydrogen-bond acceptors (Lipinski definition) is 4. The summed E-state index contributed by atoms with van der Waals surface area (Å²) in [5.41, 5.74) is 6.05. The first-order valence-electron chi connectivity index (χ1n) is 6.75. The standard InChI is InChI=1S/C13H16BrFN2O3S/c14-9-6-7(15)3-4-10(9)21(18,19)17-12-11(16)8-2-1-5-20-13(8)12/h3-4,6,8,11-13,17H,1-2,5,16H2. The minimum Gasteiger partial charge on any atom is -0.376 e. The van der Waals surface area contributed by atoms with Crippen LogP contribution < -0.4 is 10.5 Å². The van der Waals surface area contributed by atoms with Crippen LogP contribution in [-0.2, 0) is 14.8 Å². The monoisotopic (exact) mass is 378 g/mol. The lowest BCUT2D eigenvalue weighted by Gasteiger charge is -2.52. The second-order valence-corrected chi connectivity index (χ2v) is 7.98. The summed E-state index contributed by atoms with van der Waals surface area (Å²) < 4.78 is 46.3. The molecule has 1 heterocycles. The van der Waals surface area contributed by atoms with Gasteiger partial charge in [-0.05, 0) is 47.0 Å². The molecule has 3 N–H and O–H groups in total. The predicted molar refractivity (Wildman–Crippen MR) is 78.6 cm³/mol. The van der Waals surface area contributed by atoms with Gasteiger partial charge in [-0.25, -0.2) is 17.5 Å². The van der Waals surface area contributed by atoms with Crippen molar-refractivity contribution in [3.63, 3.8) is 0 Å². The molecular formula is C13H16BrFN2O3S. The van der Waals surface area contributed by atoms with Crippen molar-refractivity contribution < 1.29 is 17.5 Å². The van der Waals surface area contributed by atoms with E-state index in [0.29, 0.717) is 6.61 Å². The van der Waals surface area contributed by atoms with Crippen LogP contribution in [0.2, 0.25) is 0 Å². The van der Waals surface area contributed by atoms with Crippen LogP contribution >= 0.6 is 15.9 Å². The maximum absolute atomic E-state index is 13.1. The Bertz CT molecular complexity index is 655. The summed E-state index contributed by atoms with van der Waals surface area (Å²) in [6.45, 7) is 0.631. The number of nitrogens with one attached hydrogen (secondary N) is 1. The van der Waals surface area contributed by atoms with Crippen molar-refractivity contribution in [2.24, 2.45) is 11.7 Å². The van der Waals surface area contributed by atoms with Gasteiger partial charge >= 0.3 is 0 Å². The number of sulfonamides is 1. The number of fused-ring (bicyclic) bond motifs is 1. The van der Waals surface area contributed by atoms with Gasteiger partial charge in [-0.15, -0.1) is 0 Å². The largest absolute Gasteiger partial charge is 0.376 e. The fourth-order valence-corrected chi connectivity index (χ4v) is 5.36. The molecule has 21 heavy (non-hydrogen) atoms. The molecule has 116 valence electrons. The van der Waals surface area contributed by atoms with E-state index in [1.54, 1.807) is 0 Å². The van der Waals surface area contributed by atoms with Crippen molar-refractivity contribution in [3.05, 3.63) is 28.5 Å². The topological polar surface area (TPSA) is 81.4 Å². The molecule has 1 aliphatic carbocycles. The third-order valence-electron chi connectivity index (χ3n) is 4.15. The van der Waals surface area contributed by atoms with E-state index in [2.05, 4.69) is 20.7 Å². The summed E-state index contributed by atoms with van der Waals surface area (Å²) in [6, 6.07) is 2.78. The fourth-order valence-electron chi connectivity index (χ4n) is 3.03. The zero-order valence-corrected chi connectivity index (χ0v) is 13.5. The van der Waals surface area contributed by atoms with E-state index in [1.807, 2.05) is 0 Å². The second-order valence-electron chi connectivity index (χ2n) is 5.44. The quantitative estimate of drug-likeness (QED) is 0.832. The third kappa shape index (κ3) is 2.75. The van der Waals surface area contributed by atoms with E-state index in [9.17, 15) is 12.8 Å². The molecule has 4 unspecified atom stereocenters. The molecule has 1 aromatic carbocycles. The summed E-state index contributed by atoms with van der Waals surface area (Å²) in [4.78, 5) is -0.00430. The first kappa shape index (κ1) is 15.4. The van der Waals surface area contributed by atoms with Crippen LogP contribution in [0.3, 0.4) is 0 Å². The second kappa shape index (κ2) is 5.58. The molecule has 2 fully saturated rings. The van der Waals surface area contributed by atoms with Gasteiger partial charge in [0.1, 0.15) is 5.82 Å². The van der Waals surface area contributed by atoms with Crippen molar-refractivity contribution in [2.75, 3.05) is 6.61 Å². The Kier molecular flexibility index (Phi) is 4.08. The molecule has 3 rings (SSSR count). The van der Waals surface area contributed by atoms with Crippen LogP contribution in [0.25, 0.3) is 0 Å². The molecule has 0 aromatic heterocycles. The predicted octanol–water partition coefficient (Wildman–Crippen LogP) is 1.37. The Hall–Kier alpha value is -0.540. The van der Waals surface area contributed by atoms with Crippen LogP contribution in [0.4, 0.5) is 4.39 Å². The molecule has 0 amide bonds. The van der Waals surface area contributed by atoms with E-state index < -0.39 is 21.9 Å². The van der Waals surface area contributed by atoms with Gasteiger partial charge in [0.15, 0.2) is 0 Å². The van der Waals surface area contributed by atoms with Gasteiger partial charge in [0.25, 0.3) is 0 Å². The van der Waals surface area contributed by atoms with Crippen LogP contribution in [0.15, 0.2) is 27.6 Å². The Morgan fingerprint density at radius 1 is 1.43 bits per heavy atom. The van der Waals surface area contributed by atoms with Crippen molar-refractivity contribution in [2.45, 2.75) is 35.9 Å². The Morgan fingerprint density at radius 2 is 2.19 bits per heavy atom. The van der Waals surface area contributed by atoms with E-state index in [0.717, 1.165) is 25.0 Å². The van der Waals surface area contributed by atoms with Gasteiger partial charge in [-0.2, -0.15) is 0 Å². The van der Waals surface area contributed by atoms with Crippen LogP contribution in [0.5, 0.6) is 0 Å². The van der Waals surface area contributed by atoms with Crippen LogP contribution in [-0.4, -0.2) is 33.2 Å². The summed E-state index contributed by atoms with van der Waals surface area (Å²) in [7, 11) is -3.77. The minimum absolute atomic E-state index is 0.00430. The van der Waals surface area contributed by atoms with Crippen molar-refractivity contribution in [3.8, 4) is 0 Å². The Labute approximate surface area is 131 Å². The number of ether oxygens (including phenoxy) is 1. The molecule has 8 heteroatoms. The van der Waals surface area contributed by atoms with Crippen LogP contribution in [0.1, 0.15) is 12.8 Å². The van der Waals surface area contributed by atoms with Crippen LogP contribution in [0, 0.1) is 11.7 Å². The third-order valence-corrected chi connectivity index (χ3v) is 6.59. The molecule has 1 saturated heterocycles.